The third-order valence-corrected chi connectivity index (χ3v) is 11.0. The van der Waals surface area contributed by atoms with Gasteiger partial charge >= 0.3 is 0 Å². The molecule has 4 nitrogen and oxygen atoms in total. The maximum atomic E-state index is 11.1. The van der Waals surface area contributed by atoms with E-state index in [0.29, 0.717) is 24.2 Å². The summed E-state index contributed by atoms with van der Waals surface area (Å²) in [6, 6.07) is 0. The van der Waals surface area contributed by atoms with Crippen molar-refractivity contribution in [3.8, 4) is 0 Å². The highest BCUT2D eigenvalue weighted by Gasteiger charge is 2.59. The summed E-state index contributed by atoms with van der Waals surface area (Å²) in [4.78, 5) is 0. The van der Waals surface area contributed by atoms with Crippen LogP contribution in [0.5, 0.6) is 0 Å². The summed E-state index contributed by atoms with van der Waals surface area (Å²) >= 11 is 0. The Morgan fingerprint density at radius 1 is 1.06 bits per heavy atom. The summed E-state index contributed by atoms with van der Waals surface area (Å²) < 4.78 is 38.2. The second-order valence-electron chi connectivity index (χ2n) is 12.7. The molecule has 3 saturated carbocycles. The highest BCUT2D eigenvalue weighted by Crippen LogP contribution is 2.67. The Balaban J connectivity index is 1.47. The molecule has 0 radical (unpaired) electrons. The van der Waals surface area contributed by atoms with Crippen molar-refractivity contribution in [1.29, 1.82) is 0 Å². The highest BCUT2D eigenvalue weighted by molar-refractivity contribution is 7.80. The van der Waals surface area contributed by atoms with Crippen LogP contribution in [0.4, 0.5) is 0 Å². The van der Waals surface area contributed by atoms with Crippen molar-refractivity contribution < 1.29 is 17.2 Å². The Morgan fingerprint density at radius 2 is 1.81 bits per heavy atom. The summed E-state index contributed by atoms with van der Waals surface area (Å²) in [5.74, 6) is 4.78. The first-order valence-electron chi connectivity index (χ1n) is 13.3. The lowest BCUT2D eigenvalue weighted by atomic mass is 9.47. The van der Waals surface area contributed by atoms with E-state index in [0.717, 1.165) is 42.4 Å². The maximum Gasteiger partial charge on any atom is 0.217 e. The fraction of sp³-hybridized carbons (Fsp3) is 0.926. The van der Waals surface area contributed by atoms with Crippen LogP contribution < -0.4 is 0 Å². The lowest BCUT2D eigenvalue weighted by Crippen LogP contribution is -2.51. The molecule has 184 valence electrons. The van der Waals surface area contributed by atoms with Gasteiger partial charge in [0.2, 0.25) is 10.4 Å². The number of rotatable bonds is 7. The summed E-state index contributed by atoms with van der Waals surface area (Å²) in [7, 11) is -4.63. The molecule has 0 aromatic heterocycles. The minimum absolute atomic E-state index is 0.151. The SMILES string of the molecule is CC(C)CCCC(C)C1CCC2C3CC=C4CC(OS(=O)(=O)[O-])CCC4(C)C3CCC12C. The van der Waals surface area contributed by atoms with Gasteiger partial charge in [0.05, 0.1) is 6.10 Å². The molecule has 8 unspecified atom stereocenters. The number of allylic oxidation sites excluding steroid dienone is 1. The maximum absolute atomic E-state index is 11.1. The van der Waals surface area contributed by atoms with Gasteiger partial charge in [-0.25, -0.2) is 8.42 Å². The molecule has 0 heterocycles. The van der Waals surface area contributed by atoms with Crippen LogP contribution in [0.1, 0.15) is 105 Å². The van der Waals surface area contributed by atoms with Crippen LogP contribution in [0.25, 0.3) is 0 Å². The Labute approximate surface area is 196 Å². The van der Waals surface area contributed by atoms with E-state index in [4.69, 9.17) is 4.18 Å². The normalized spacial score (nSPS) is 42.7. The van der Waals surface area contributed by atoms with Crippen LogP contribution in [0.2, 0.25) is 0 Å². The minimum atomic E-state index is -4.63. The molecular formula is C27H45O4S-. The fourth-order valence-corrected chi connectivity index (χ4v) is 9.40. The van der Waals surface area contributed by atoms with E-state index in [9.17, 15) is 13.0 Å². The minimum Gasteiger partial charge on any atom is -0.726 e. The molecule has 3 fully saturated rings. The van der Waals surface area contributed by atoms with Gasteiger partial charge in [-0.05, 0) is 97.7 Å². The monoisotopic (exact) mass is 465 g/mol. The number of hydrogen-bond donors (Lipinski definition) is 0. The molecule has 0 aromatic rings. The van der Waals surface area contributed by atoms with Gasteiger partial charge in [0.15, 0.2) is 0 Å². The van der Waals surface area contributed by atoms with Gasteiger partial charge < -0.3 is 4.55 Å². The predicted octanol–water partition coefficient (Wildman–Crippen LogP) is 6.87. The van der Waals surface area contributed by atoms with Crippen LogP contribution in [-0.4, -0.2) is 19.1 Å². The van der Waals surface area contributed by atoms with Gasteiger partial charge in [-0.3, -0.25) is 4.18 Å². The molecular weight excluding hydrogens is 420 g/mol. The Hall–Kier alpha value is -0.390. The van der Waals surface area contributed by atoms with Crippen molar-refractivity contribution in [1.82, 2.24) is 0 Å². The predicted molar refractivity (Wildman–Crippen MR) is 128 cm³/mol. The molecule has 32 heavy (non-hydrogen) atoms. The molecule has 5 heteroatoms. The molecule has 0 aliphatic heterocycles. The van der Waals surface area contributed by atoms with E-state index in [-0.39, 0.29) is 5.41 Å². The topological polar surface area (TPSA) is 66.4 Å². The molecule has 0 saturated heterocycles. The smallest absolute Gasteiger partial charge is 0.217 e. The van der Waals surface area contributed by atoms with E-state index in [1.54, 1.807) is 0 Å². The van der Waals surface area contributed by atoms with E-state index in [2.05, 4.69) is 40.7 Å². The van der Waals surface area contributed by atoms with Gasteiger partial charge in [0, 0.05) is 0 Å². The molecule has 4 aliphatic carbocycles. The third-order valence-electron chi connectivity index (χ3n) is 10.5. The molecule has 0 amide bonds. The number of fused-ring (bicyclic) bond motifs is 5. The zero-order valence-corrected chi connectivity index (χ0v) is 21.8. The van der Waals surface area contributed by atoms with Crippen LogP contribution in [0.15, 0.2) is 11.6 Å². The largest absolute Gasteiger partial charge is 0.726 e. The Morgan fingerprint density at radius 3 is 2.50 bits per heavy atom. The first-order valence-corrected chi connectivity index (χ1v) is 14.6. The molecule has 4 aliphatic rings. The van der Waals surface area contributed by atoms with Gasteiger partial charge in [0.25, 0.3) is 0 Å². The standard InChI is InChI=1S/C27H46O4S/c1-18(2)7-6-8-19(3)23-11-12-24-22-10-9-20-17-21(31-32(28,29)30)13-15-26(20,4)25(22)14-16-27(23,24)5/h9,18-19,21-25H,6-8,10-17H2,1-5H3,(H,28,29,30)/p-1. The van der Waals surface area contributed by atoms with E-state index in [1.165, 1.54) is 50.5 Å². The fourth-order valence-electron chi connectivity index (χ4n) is 8.90. The molecule has 0 bridgehead atoms. The van der Waals surface area contributed by atoms with Crippen molar-refractivity contribution in [3.63, 3.8) is 0 Å². The first-order chi connectivity index (χ1) is 14.9. The highest BCUT2D eigenvalue weighted by atomic mass is 32.3. The second kappa shape index (κ2) is 9.00. The van der Waals surface area contributed by atoms with Gasteiger partial charge in [-0.2, -0.15) is 0 Å². The molecule has 8 atom stereocenters. The molecule has 0 aromatic carbocycles. The lowest BCUT2D eigenvalue weighted by Gasteiger charge is -2.58. The zero-order valence-electron chi connectivity index (χ0n) is 20.9. The summed E-state index contributed by atoms with van der Waals surface area (Å²) in [5, 5.41) is 0. The van der Waals surface area contributed by atoms with Crippen molar-refractivity contribution in [3.05, 3.63) is 11.6 Å². The van der Waals surface area contributed by atoms with Crippen molar-refractivity contribution >= 4 is 10.4 Å². The van der Waals surface area contributed by atoms with Gasteiger partial charge in [-0.1, -0.05) is 65.5 Å². The van der Waals surface area contributed by atoms with Crippen LogP contribution >= 0.6 is 0 Å². The average molecular weight is 466 g/mol. The van der Waals surface area contributed by atoms with Crippen molar-refractivity contribution in [2.45, 2.75) is 111 Å². The first kappa shape index (κ1) is 24.7. The van der Waals surface area contributed by atoms with Gasteiger partial charge in [-0.15, -0.1) is 0 Å². The quantitative estimate of drug-likeness (QED) is 0.234. The average Bonchev–Trinajstić information content (AvgIpc) is 3.04. The summed E-state index contributed by atoms with van der Waals surface area (Å²) in [6.45, 7) is 12.2. The Kier molecular flexibility index (Phi) is 6.95. The Bertz CT molecular complexity index is 818. The number of hydrogen-bond acceptors (Lipinski definition) is 4. The van der Waals surface area contributed by atoms with Crippen molar-refractivity contribution in [2.75, 3.05) is 0 Å². The lowest BCUT2D eigenvalue weighted by molar-refractivity contribution is -0.0561. The van der Waals surface area contributed by atoms with E-state index >= 15 is 0 Å². The molecule has 4 rings (SSSR count). The third kappa shape index (κ3) is 4.60. The second-order valence-corrected chi connectivity index (χ2v) is 13.7. The van der Waals surface area contributed by atoms with Crippen LogP contribution in [0.3, 0.4) is 0 Å². The van der Waals surface area contributed by atoms with E-state index < -0.39 is 16.5 Å². The van der Waals surface area contributed by atoms with Crippen LogP contribution in [-0.2, 0) is 14.6 Å². The van der Waals surface area contributed by atoms with Crippen LogP contribution in [0, 0.1) is 46.3 Å². The van der Waals surface area contributed by atoms with Gasteiger partial charge in [0.1, 0.15) is 0 Å². The van der Waals surface area contributed by atoms with E-state index in [1.807, 2.05) is 0 Å². The summed E-state index contributed by atoms with van der Waals surface area (Å²) in [6.07, 6.45) is 14.8. The zero-order chi connectivity index (χ0) is 23.3. The summed E-state index contributed by atoms with van der Waals surface area (Å²) in [5.41, 5.74) is 1.99. The van der Waals surface area contributed by atoms with Crippen molar-refractivity contribution in [2.24, 2.45) is 46.3 Å². The molecule has 0 N–H and O–H groups in total. The molecule has 0 spiro atoms.